The summed E-state index contributed by atoms with van der Waals surface area (Å²) in [5, 5.41) is 0. The summed E-state index contributed by atoms with van der Waals surface area (Å²) in [5.41, 5.74) is 1.45. The number of nitrogens with zero attached hydrogens (tertiary/aromatic N) is 2. The van der Waals surface area contributed by atoms with Crippen LogP contribution in [0.1, 0.15) is 30.1 Å². The maximum Gasteiger partial charge on any atom is 0.257 e. The molecule has 1 aliphatic heterocycles. The van der Waals surface area contributed by atoms with Gasteiger partial charge < -0.3 is 14.2 Å². The Kier molecular flexibility index (Phi) is 4.99. The zero-order valence-corrected chi connectivity index (χ0v) is 13.9. The van der Waals surface area contributed by atoms with E-state index in [-0.39, 0.29) is 17.7 Å². The Morgan fingerprint density at radius 1 is 1.25 bits per heavy atom. The predicted octanol–water partition coefficient (Wildman–Crippen LogP) is 3.18. The quantitative estimate of drug-likeness (QED) is 0.867. The van der Waals surface area contributed by atoms with Crippen molar-refractivity contribution in [3.05, 3.63) is 54.5 Å². The van der Waals surface area contributed by atoms with Crippen molar-refractivity contribution < 1.29 is 14.0 Å². The molecule has 0 saturated carbocycles. The summed E-state index contributed by atoms with van der Waals surface area (Å²) in [7, 11) is 0. The van der Waals surface area contributed by atoms with Gasteiger partial charge in [-0.25, -0.2) is 0 Å². The lowest BCUT2D eigenvalue weighted by molar-refractivity contribution is -0.123. The third-order valence-corrected chi connectivity index (χ3v) is 4.48. The van der Waals surface area contributed by atoms with Crippen molar-refractivity contribution in [3.63, 3.8) is 0 Å². The summed E-state index contributed by atoms with van der Waals surface area (Å²) in [6.45, 7) is 3.74. The Balaban J connectivity index is 1.72. The summed E-state index contributed by atoms with van der Waals surface area (Å²) in [4.78, 5) is 29.0. The van der Waals surface area contributed by atoms with Gasteiger partial charge in [0.25, 0.3) is 5.91 Å². The zero-order chi connectivity index (χ0) is 16.9. The molecule has 0 radical (unpaired) electrons. The molecule has 1 atom stereocenters. The molecule has 2 amide bonds. The third kappa shape index (κ3) is 3.35. The van der Waals surface area contributed by atoms with E-state index in [0.29, 0.717) is 25.2 Å². The molecule has 1 aliphatic rings. The Morgan fingerprint density at radius 2 is 2.04 bits per heavy atom. The molecule has 5 heteroatoms. The van der Waals surface area contributed by atoms with Gasteiger partial charge in [0.1, 0.15) is 6.26 Å². The number of hydrogen-bond donors (Lipinski definition) is 0. The van der Waals surface area contributed by atoms with Gasteiger partial charge in [0, 0.05) is 25.3 Å². The van der Waals surface area contributed by atoms with Crippen LogP contribution in [0.15, 0.2) is 53.3 Å². The molecule has 1 aromatic heterocycles. The average molecular weight is 326 g/mol. The van der Waals surface area contributed by atoms with E-state index >= 15 is 0 Å². The molecule has 0 bridgehead atoms. The summed E-state index contributed by atoms with van der Waals surface area (Å²) >= 11 is 0. The Bertz CT molecular complexity index is 682. The lowest BCUT2D eigenvalue weighted by Crippen LogP contribution is -2.46. The van der Waals surface area contributed by atoms with E-state index in [4.69, 9.17) is 4.42 Å². The molecule has 3 rings (SSSR count). The highest BCUT2D eigenvalue weighted by molar-refractivity contribution is 5.97. The highest BCUT2D eigenvalue weighted by Crippen LogP contribution is 2.23. The molecule has 24 heavy (non-hydrogen) atoms. The number of piperidine rings is 1. The minimum atomic E-state index is -0.158. The number of amides is 2. The van der Waals surface area contributed by atoms with Gasteiger partial charge in [-0.3, -0.25) is 9.59 Å². The first kappa shape index (κ1) is 16.3. The van der Waals surface area contributed by atoms with Crippen LogP contribution in [-0.2, 0) is 4.79 Å². The van der Waals surface area contributed by atoms with E-state index in [9.17, 15) is 9.59 Å². The van der Waals surface area contributed by atoms with Crippen LogP contribution in [-0.4, -0.2) is 36.3 Å². The van der Waals surface area contributed by atoms with Crippen molar-refractivity contribution in [2.24, 2.45) is 5.92 Å². The Hall–Kier alpha value is -2.56. The van der Waals surface area contributed by atoms with Gasteiger partial charge in [-0.1, -0.05) is 18.2 Å². The van der Waals surface area contributed by atoms with Crippen LogP contribution in [0.25, 0.3) is 0 Å². The zero-order valence-electron chi connectivity index (χ0n) is 13.9. The lowest BCUT2D eigenvalue weighted by Gasteiger charge is -2.34. The molecule has 1 aromatic carbocycles. The number of rotatable bonds is 4. The van der Waals surface area contributed by atoms with E-state index in [2.05, 4.69) is 0 Å². The predicted molar refractivity (Wildman–Crippen MR) is 91.8 cm³/mol. The van der Waals surface area contributed by atoms with Gasteiger partial charge in [0.05, 0.1) is 17.7 Å². The van der Waals surface area contributed by atoms with Crippen molar-refractivity contribution in [3.8, 4) is 0 Å². The van der Waals surface area contributed by atoms with Crippen LogP contribution in [0.2, 0.25) is 0 Å². The van der Waals surface area contributed by atoms with E-state index < -0.39 is 0 Å². The molecule has 0 aliphatic carbocycles. The van der Waals surface area contributed by atoms with Gasteiger partial charge in [0.15, 0.2) is 0 Å². The fourth-order valence-corrected chi connectivity index (χ4v) is 3.23. The molecule has 126 valence electrons. The fraction of sp³-hybridized carbons (Fsp3) is 0.368. The number of para-hydroxylation sites is 1. The van der Waals surface area contributed by atoms with Crippen LogP contribution in [0.4, 0.5) is 5.69 Å². The monoisotopic (exact) mass is 326 g/mol. The number of carbonyl (C=O) groups excluding carboxylic acids is 2. The van der Waals surface area contributed by atoms with Crippen LogP contribution in [0.3, 0.4) is 0 Å². The molecular formula is C19H22N2O3. The van der Waals surface area contributed by atoms with Crippen LogP contribution in [0, 0.1) is 5.92 Å². The first-order chi connectivity index (χ1) is 11.7. The van der Waals surface area contributed by atoms with Crippen molar-refractivity contribution in [2.45, 2.75) is 19.8 Å². The second-order valence-electron chi connectivity index (χ2n) is 6.02. The smallest absolute Gasteiger partial charge is 0.257 e. The SMILES string of the molecule is CCN(C(=O)[C@@H]1CCCN(C(=O)c2ccoc2)C1)c1ccccc1. The standard InChI is InChI=1S/C19H22N2O3/c1-2-21(17-8-4-3-5-9-17)19(23)15-7-6-11-20(13-15)18(22)16-10-12-24-14-16/h3-5,8-10,12,14-15H,2,6-7,11,13H2,1H3/t15-/m1/s1. The Labute approximate surface area is 141 Å². The summed E-state index contributed by atoms with van der Waals surface area (Å²) in [5.74, 6) is -0.132. The van der Waals surface area contributed by atoms with Gasteiger partial charge in [0.2, 0.25) is 5.91 Å². The topological polar surface area (TPSA) is 53.8 Å². The second-order valence-corrected chi connectivity index (χ2v) is 6.02. The summed E-state index contributed by atoms with van der Waals surface area (Å²) in [6.07, 6.45) is 4.60. The first-order valence-electron chi connectivity index (χ1n) is 8.38. The molecule has 2 aromatic rings. The minimum absolute atomic E-state index is 0.0657. The number of benzene rings is 1. The largest absolute Gasteiger partial charge is 0.472 e. The van der Waals surface area contributed by atoms with Crippen molar-refractivity contribution in [1.29, 1.82) is 0 Å². The average Bonchev–Trinajstić information content (AvgIpc) is 3.17. The van der Waals surface area contributed by atoms with Crippen LogP contribution in [0.5, 0.6) is 0 Å². The first-order valence-corrected chi connectivity index (χ1v) is 8.38. The third-order valence-electron chi connectivity index (χ3n) is 4.48. The van der Waals surface area contributed by atoms with E-state index in [1.165, 1.54) is 12.5 Å². The van der Waals surface area contributed by atoms with E-state index in [1.54, 1.807) is 15.9 Å². The lowest BCUT2D eigenvalue weighted by atomic mass is 9.95. The molecule has 0 spiro atoms. The minimum Gasteiger partial charge on any atom is -0.472 e. The number of anilines is 1. The van der Waals surface area contributed by atoms with Crippen molar-refractivity contribution >= 4 is 17.5 Å². The van der Waals surface area contributed by atoms with Gasteiger partial charge in [-0.15, -0.1) is 0 Å². The molecule has 5 nitrogen and oxygen atoms in total. The van der Waals surface area contributed by atoms with Crippen molar-refractivity contribution in [1.82, 2.24) is 4.90 Å². The number of furan rings is 1. The summed E-state index contributed by atoms with van der Waals surface area (Å²) in [6, 6.07) is 11.4. The maximum absolute atomic E-state index is 13.0. The number of likely N-dealkylation sites (tertiary alicyclic amines) is 1. The van der Waals surface area contributed by atoms with Gasteiger partial charge >= 0.3 is 0 Å². The number of hydrogen-bond acceptors (Lipinski definition) is 3. The van der Waals surface area contributed by atoms with Crippen LogP contribution >= 0.6 is 0 Å². The van der Waals surface area contributed by atoms with Crippen LogP contribution < -0.4 is 4.90 Å². The molecular weight excluding hydrogens is 304 g/mol. The Morgan fingerprint density at radius 3 is 2.71 bits per heavy atom. The second kappa shape index (κ2) is 7.34. The van der Waals surface area contributed by atoms with E-state index in [1.807, 2.05) is 37.3 Å². The fourth-order valence-electron chi connectivity index (χ4n) is 3.23. The molecule has 0 N–H and O–H groups in total. The number of carbonyl (C=O) groups is 2. The molecule has 2 heterocycles. The normalized spacial score (nSPS) is 17.5. The van der Waals surface area contributed by atoms with Gasteiger partial charge in [-0.05, 0) is 38.0 Å². The molecule has 1 fully saturated rings. The molecule has 1 saturated heterocycles. The van der Waals surface area contributed by atoms with Gasteiger partial charge in [-0.2, -0.15) is 0 Å². The van der Waals surface area contributed by atoms with E-state index in [0.717, 1.165) is 18.5 Å². The summed E-state index contributed by atoms with van der Waals surface area (Å²) < 4.78 is 4.99. The maximum atomic E-state index is 13.0. The highest BCUT2D eigenvalue weighted by atomic mass is 16.3. The van der Waals surface area contributed by atoms with Crippen molar-refractivity contribution in [2.75, 3.05) is 24.5 Å². The highest BCUT2D eigenvalue weighted by Gasteiger charge is 2.31. The molecule has 0 unspecified atom stereocenters.